The average Bonchev–Trinajstić information content (AvgIpc) is 3.42. The number of aryl methyl sites for hydroxylation is 1. The summed E-state index contributed by atoms with van der Waals surface area (Å²) in [5.74, 6) is 0.0148. The van der Waals surface area contributed by atoms with Crippen LogP contribution in [0.1, 0.15) is 50.3 Å². The van der Waals surface area contributed by atoms with Gasteiger partial charge in [-0.25, -0.2) is 23.7 Å². The number of nitrogen functional groups attached to an aromatic ring is 1. The van der Waals surface area contributed by atoms with E-state index in [0.717, 1.165) is 25.7 Å². The first-order valence-corrected chi connectivity index (χ1v) is 17.3. The number of unbranched alkanes of at least 4 members (excludes halogenated alkanes) is 3. The van der Waals surface area contributed by atoms with Gasteiger partial charge in [-0.1, -0.05) is 12.8 Å². The molecule has 2 aromatic heterocycles. The Kier molecular flexibility index (Phi) is 12.2. The third-order valence-corrected chi connectivity index (χ3v) is 9.93. The number of amides is 1. The van der Waals surface area contributed by atoms with Gasteiger partial charge in [-0.15, -0.1) is 0 Å². The molecule has 1 amide bonds. The van der Waals surface area contributed by atoms with Crippen LogP contribution in [0.4, 0.5) is 5.82 Å². The normalized spacial score (nSPS) is 22.2. The number of fused-ring (bicyclic) bond motifs is 1. The van der Waals surface area contributed by atoms with Crippen LogP contribution in [-0.4, -0.2) is 77.0 Å². The molecule has 0 spiro atoms. The minimum absolute atomic E-state index is 0.0395. The Balaban J connectivity index is 1.63. The lowest BCUT2D eigenvalue weighted by Gasteiger charge is -2.19. The van der Waals surface area contributed by atoms with E-state index in [9.17, 15) is 33.4 Å². The Morgan fingerprint density at radius 2 is 1.81 bits per heavy atom. The highest BCUT2D eigenvalue weighted by Gasteiger charge is 2.43. The maximum Gasteiger partial charge on any atom is 0.490 e. The number of nitrogens with zero attached hydrogens (tertiary/aromatic N) is 3. The molecule has 2 aromatic rings. The summed E-state index contributed by atoms with van der Waals surface area (Å²) < 4.78 is 53.6. The molecule has 5 atom stereocenters. The van der Waals surface area contributed by atoms with Gasteiger partial charge in [0.05, 0.1) is 18.1 Å². The van der Waals surface area contributed by atoms with Crippen LogP contribution in [0, 0.1) is 0 Å². The van der Waals surface area contributed by atoms with Gasteiger partial charge in [0.15, 0.2) is 0 Å². The molecule has 0 saturated carbocycles. The second-order valence-corrected chi connectivity index (χ2v) is 13.8. The van der Waals surface area contributed by atoms with Crippen LogP contribution in [0.5, 0.6) is 0 Å². The second-order valence-electron chi connectivity index (χ2n) is 9.39. The van der Waals surface area contributed by atoms with Crippen LogP contribution >= 0.6 is 23.5 Å². The SMILES string of the molecule is NCCCCCCNC(=O)CCc1cn([C@H]2C[C@@H](O)[C@@H](COP(=O)(O)OP(=O)(O)OP(=O)(O)O)O2)c2ncnc(N)c12. The number of ether oxygens (including phenoxy) is 1. The molecule has 1 aliphatic heterocycles. The van der Waals surface area contributed by atoms with E-state index in [-0.39, 0.29) is 24.6 Å². The standard InChI is InChI=1S/C20H35N6O13P3/c21-7-3-1-2-4-8-23-16(28)6-5-13-10-26(20-18(13)19(22)24-12-25-20)17-9-14(27)15(37-17)11-36-41(32,33)39-42(34,35)38-40(29,30)31/h10,12,14-15,17,27H,1-9,11,21H2,(H,23,28)(H,32,33)(H,34,35)(H2,22,24,25)(H2,29,30,31)/t14-,15-,17-/m1/s1. The van der Waals surface area contributed by atoms with E-state index in [1.54, 1.807) is 10.8 Å². The molecule has 2 unspecified atom stereocenters. The molecule has 0 bridgehead atoms. The fourth-order valence-corrected chi connectivity index (χ4v) is 7.32. The summed E-state index contributed by atoms with van der Waals surface area (Å²) in [6, 6.07) is 0. The molecule has 0 aromatic carbocycles. The zero-order valence-corrected chi connectivity index (χ0v) is 25.0. The third kappa shape index (κ3) is 10.4. The Hall–Kier alpha value is -1.82. The monoisotopic (exact) mass is 660 g/mol. The number of aromatic nitrogens is 3. The maximum atomic E-state index is 12.4. The number of rotatable bonds is 17. The minimum atomic E-state index is -5.70. The highest BCUT2D eigenvalue weighted by molar-refractivity contribution is 7.66. The predicted molar refractivity (Wildman–Crippen MR) is 145 cm³/mol. The highest BCUT2D eigenvalue weighted by Crippen LogP contribution is 2.66. The number of phosphoric acid groups is 3. The molecule has 1 fully saturated rings. The van der Waals surface area contributed by atoms with Gasteiger partial charge in [0.1, 0.15) is 30.1 Å². The lowest BCUT2D eigenvalue weighted by molar-refractivity contribution is -0.121. The lowest BCUT2D eigenvalue weighted by atomic mass is 10.1. The van der Waals surface area contributed by atoms with Crippen molar-refractivity contribution in [3.63, 3.8) is 0 Å². The van der Waals surface area contributed by atoms with Gasteiger partial charge >= 0.3 is 23.5 Å². The van der Waals surface area contributed by atoms with Gasteiger partial charge in [-0.05, 0) is 31.4 Å². The molecule has 1 saturated heterocycles. The van der Waals surface area contributed by atoms with Crippen molar-refractivity contribution in [2.75, 3.05) is 25.4 Å². The summed E-state index contributed by atoms with van der Waals surface area (Å²) in [4.78, 5) is 56.9. The number of hydrogen-bond acceptors (Lipinski definition) is 13. The molecule has 42 heavy (non-hydrogen) atoms. The summed E-state index contributed by atoms with van der Waals surface area (Å²) in [5, 5.41) is 13.8. The molecule has 3 rings (SSSR count). The third-order valence-electron chi connectivity index (χ3n) is 6.12. The van der Waals surface area contributed by atoms with E-state index < -0.39 is 48.5 Å². The van der Waals surface area contributed by atoms with Crippen molar-refractivity contribution in [2.24, 2.45) is 5.73 Å². The molecule has 19 nitrogen and oxygen atoms in total. The molecule has 1 aliphatic rings. The first kappa shape index (κ1) is 34.7. The maximum absolute atomic E-state index is 12.4. The van der Waals surface area contributed by atoms with E-state index in [1.807, 2.05) is 0 Å². The molecule has 10 N–H and O–H groups in total. The first-order valence-electron chi connectivity index (χ1n) is 12.8. The smallest absolute Gasteiger partial charge is 0.390 e. The molecule has 0 aliphatic carbocycles. The summed E-state index contributed by atoms with van der Waals surface area (Å²) in [7, 11) is -16.6. The van der Waals surface area contributed by atoms with Crippen LogP contribution < -0.4 is 16.8 Å². The van der Waals surface area contributed by atoms with E-state index in [1.165, 1.54) is 6.33 Å². The molecular weight excluding hydrogens is 625 g/mol. The molecule has 0 radical (unpaired) electrons. The number of anilines is 1. The Bertz CT molecular complexity index is 1370. The average molecular weight is 660 g/mol. The van der Waals surface area contributed by atoms with E-state index in [4.69, 9.17) is 26.0 Å². The van der Waals surface area contributed by atoms with Gasteiger partial charge < -0.3 is 50.8 Å². The van der Waals surface area contributed by atoms with Gasteiger partial charge in [0.2, 0.25) is 5.91 Å². The van der Waals surface area contributed by atoms with Gasteiger partial charge in [0.25, 0.3) is 0 Å². The molecular formula is C20H35N6O13P3. The number of carbonyl (C=O) groups excluding carboxylic acids is 1. The van der Waals surface area contributed by atoms with Crippen LogP contribution in [0.3, 0.4) is 0 Å². The molecule has 22 heteroatoms. The number of aliphatic hydroxyl groups excluding tert-OH is 1. The Morgan fingerprint density at radius 3 is 2.50 bits per heavy atom. The summed E-state index contributed by atoms with van der Waals surface area (Å²) in [6.07, 6.45) is 3.69. The van der Waals surface area contributed by atoms with E-state index >= 15 is 0 Å². The number of phosphoric ester groups is 1. The van der Waals surface area contributed by atoms with Crippen molar-refractivity contribution < 1.29 is 61.1 Å². The second kappa shape index (κ2) is 14.8. The topological polar surface area (TPSA) is 301 Å². The summed E-state index contributed by atoms with van der Waals surface area (Å²) >= 11 is 0. The van der Waals surface area contributed by atoms with Crippen molar-refractivity contribution in [3.8, 4) is 0 Å². The number of carbonyl (C=O) groups is 1. The zero-order chi connectivity index (χ0) is 31.1. The molecule has 3 heterocycles. The molecule has 238 valence electrons. The van der Waals surface area contributed by atoms with Gasteiger partial charge in [-0.3, -0.25) is 9.32 Å². The zero-order valence-electron chi connectivity index (χ0n) is 22.3. The van der Waals surface area contributed by atoms with Crippen LogP contribution in [0.25, 0.3) is 11.0 Å². The van der Waals surface area contributed by atoms with E-state index in [0.29, 0.717) is 36.1 Å². The predicted octanol–water partition coefficient (Wildman–Crippen LogP) is 0.573. The first-order chi connectivity index (χ1) is 19.6. The number of aliphatic hydroxyl groups is 1. The van der Waals surface area contributed by atoms with E-state index in [2.05, 4.69) is 28.4 Å². The largest absolute Gasteiger partial charge is 0.490 e. The van der Waals surface area contributed by atoms with Crippen molar-refractivity contribution >= 4 is 46.2 Å². The number of hydrogen-bond donors (Lipinski definition) is 8. The minimum Gasteiger partial charge on any atom is -0.390 e. The van der Waals surface area contributed by atoms with Crippen molar-refractivity contribution in [1.82, 2.24) is 19.9 Å². The van der Waals surface area contributed by atoms with Crippen LogP contribution in [-0.2, 0) is 42.8 Å². The van der Waals surface area contributed by atoms with Crippen molar-refractivity contribution in [3.05, 3.63) is 18.1 Å². The summed E-state index contributed by atoms with van der Waals surface area (Å²) in [5.41, 5.74) is 12.6. The Morgan fingerprint density at radius 1 is 1.10 bits per heavy atom. The lowest BCUT2D eigenvalue weighted by Crippen LogP contribution is -2.26. The fourth-order valence-electron chi connectivity index (χ4n) is 4.29. The van der Waals surface area contributed by atoms with Gasteiger partial charge in [0, 0.05) is 25.6 Å². The highest BCUT2D eigenvalue weighted by atomic mass is 31.3. The van der Waals surface area contributed by atoms with Crippen LogP contribution in [0.2, 0.25) is 0 Å². The number of nitrogens with two attached hydrogens (primary N) is 2. The van der Waals surface area contributed by atoms with Crippen molar-refractivity contribution in [2.45, 2.75) is 63.4 Å². The summed E-state index contributed by atoms with van der Waals surface area (Å²) in [6.45, 7) is 0.364. The quantitative estimate of drug-likeness (QED) is 0.0849. The fraction of sp³-hybridized carbons (Fsp3) is 0.650. The van der Waals surface area contributed by atoms with Gasteiger partial charge in [-0.2, -0.15) is 8.62 Å². The van der Waals surface area contributed by atoms with Crippen molar-refractivity contribution in [1.29, 1.82) is 0 Å². The number of nitrogens with one attached hydrogen (secondary N) is 1. The Labute approximate surface area is 240 Å². The van der Waals surface area contributed by atoms with Crippen LogP contribution in [0.15, 0.2) is 12.5 Å².